The van der Waals surface area contributed by atoms with Crippen molar-refractivity contribution < 1.29 is 9.72 Å². The molecule has 0 fully saturated rings. The highest BCUT2D eigenvalue weighted by molar-refractivity contribution is 9.10. The molecule has 0 unspecified atom stereocenters. The number of hydrogen-bond donors (Lipinski definition) is 1. The van der Waals surface area contributed by atoms with Crippen LogP contribution in [0, 0.1) is 17.0 Å². The van der Waals surface area contributed by atoms with E-state index in [0.717, 1.165) is 16.5 Å². The normalized spacial score (nSPS) is 10.9. The van der Waals surface area contributed by atoms with Gasteiger partial charge in [-0.05, 0) is 59.6 Å². The molecular weight excluding hydrogens is 422 g/mol. The lowest BCUT2D eigenvalue weighted by Crippen LogP contribution is -2.18. The monoisotopic (exact) mass is 435 g/mol. The number of carbonyl (C=O) groups is 1. The first-order valence-corrected chi connectivity index (χ1v) is 9.04. The number of aromatic nitrogens is 1. The number of anilines is 1. The summed E-state index contributed by atoms with van der Waals surface area (Å²) < 4.78 is 2.47. The van der Waals surface area contributed by atoms with E-state index in [1.54, 1.807) is 6.07 Å². The molecule has 1 aromatic heterocycles. The fraction of sp³-hybridized carbons (Fsp3) is 0.167. The third-order valence-corrected chi connectivity index (χ3v) is 5.15. The average Bonchev–Trinajstić information content (AvgIpc) is 2.88. The first-order chi connectivity index (χ1) is 12.3. The van der Waals surface area contributed by atoms with E-state index in [-0.39, 0.29) is 11.6 Å². The first kappa shape index (κ1) is 18.4. The zero-order chi connectivity index (χ0) is 19.0. The van der Waals surface area contributed by atoms with Gasteiger partial charge in [-0.15, -0.1) is 0 Å². The van der Waals surface area contributed by atoms with Gasteiger partial charge in [-0.25, -0.2) is 0 Å². The van der Waals surface area contributed by atoms with Gasteiger partial charge in [0.1, 0.15) is 5.69 Å². The number of rotatable bonds is 4. The van der Waals surface area contributed by atoms with Crippen LogP contribution in [0.4, 0.5) is 11.4 Å². The Bertz CT molecular complexity index is 1050. The van der Waals surface area contributed by atoms with E-state index in [1.807, 2.05) is 30.5 Å². The van der Waals surface area contributed by atoms with Gasteiger partial charge in [0.15, 0.2) is 0 Å². The molecule has 3 aromatic rings. The van der Waals surface area contributed by atoms with Crippen LogP contribution < -0.4 is 5.32 Å². The number of nitro groups is 1. The van der Waals surface area contributed by atoms with Crippen LogP contribution in [0.3, 0.4) is 0 Å². The molecule has 1 amide bonds. The van der Waals surface area contributed by atoms with Crippen molar-refractivity contribution in [1.82, 2.24) is 4.57 Å². The Hall–Kier alpha value is -2.38. The Balaban J connectivity index is 2.07. The number of benzene rings is 2. The van der Waals surface area contributed by atoms with Gasteiger partial charge in [-0.3, -0.25) is 14.9 Å². The molecule has 1 N–H and O–H groups in total. The Morgan fingerprint density at radius 2 is 2.04 bits per heavy atom. The molecule has 0 bridgehead atoms. The van der Waals surface area contributed by atoms with Gasteiger partial charge in [0, 0.05) is 39.1 Å². The van der Waals surface area contributed by atoms with Crippen molar-refractivity contribution in [2.45, 2.75) is 20.4 Å². The molecule has 26 heavy (non-hydrogen) atoms. The summed E-state index contributed by atoms with van der Waals surface area (Å²) in [5.74, 6) is -0.335. The van der Waals surface area contributed by atoms with Crippen LogP contribution >= 0.6 is 27.5 Å². The van der Waals surface area contributed by atoms with Crippen LogP contribution in [0.25, 0.3) is 10.9 Å². The summed E-state index contributed by atoms with van der Waals surface area (Å²) in [6.45, 7) is 4.42. The molecule has 1 heterocycles. The van der Waals surface area contributed by atoms with Crippen LogP contribution in [-0.2, 0) is 6.54 Å². The van der Waals surface area contributed by atoms with E-state index < -0.39 is 4.92 Å². The lowest BCUT2D eigenvalue weighted by Gasteiger charge is -2.11. The zero-order valence-corrected chi connectivity index (χ0v) is 16.4. The van der Waals surface area contributed by atoms with Gasteiger partial charge in [-0.2, -0.15) is 0 Å². The second-order valence-electron chi connectivity index (χ2n) is 5.75. The van der Waals surface area contributed by atoms with Crippen LogP contribution in [0.15, 0.2) is 40.9 Å². The molecule has 0 atom stereocenters. The van der Waals surface area contributed by atoms with E-state index in [4.69, 9.17) is 11.6 Å². The maximum absolute atomic E-state index is 12.9. The van der Waals surface area contributed by atoms with Crippen LogP contribution in [-0.4, -0.2) is 15.4 Å². The number of fused-ring (bicyclic) bond motifs is 1. The van der Waals surface area contributed by atoms with Crippen molar-refractivity contribution in [3.05, 3.63) is 67.3 Å². The second kappa shape index (κ2) is 7.09. The van der Waals surface area contributed by atoms with Gasteiger partial charge in [0.2, 0.25) is 0 Å². The van der Waals surface area contributed by atoms with Crippen molar-refractivity contribution >= 4 is 55.7 Å². The molecule has 0 aliphatic heterocycles. The second-order valence-corrected chi connectivity index (χ2v) is 7.05. The SMILES string of the molecule is CCn1c(C(=O)Nc2cc([N+](=O)[O-])ccc2Br)c(C)c2cc(Cl)ccc21. The molecule has 0 aliphatic rings. The molecule has 0 saturated carbocycles. The summed E-state index contributed by atoms with van der Waals surface area (Å²) in [5.41, 5.74) is 2.47. The zero-order valence-electron chi connectivity index (χ0n) is 14.0. The number of halogens is 2. The summed E-state index contributed by atoms with van der Waals surface area (Å²) in [7, 11) is 0. The maximum atomic E-state index is 12.9. The quantitative estimate of drug-likeness (QED) is 0.430. The molecule has 8 heteroatoms. The van der Waals surface area contributed by atoms with E-state index in [1.165, 1.54) is 18.2 Å². The van der Waals surface area contributed by atoms with Gasteiger partial charge in [-0.1, -0.05) is 11.6 Å². The highest BCUT2D eigenvalue weighted by atomic mass is 79.9. The molecule has 3 rings (SSSR count). The van der Waals surface area contributed by atoms with Crippen molar-refractivity contribution in [1.29, 1.82) is 0 Å². The summed E-state index contributed by atoms with van der Waals surface area (Å²) in [4.78, 5) is 23.4. The molecule has 0 radical (unpaired) electrons. The smallest absolute Gasteiger partial charge is 0.272 e. The largest absolute Gasteiger partial charge is 0.337 e. The van der Waals surface area contributed by atoms with Gasteiger partial charge in [0.05, 0.1) is 10.6 Å². The van der Waals surface area contributed by atoms with Gasteiger partial charge in [0.25, 0.3) is 11.6 Å². The van der Waals surface area contributed by atoms with E-state index in [9.17, 15) is 14.9 Å². The van der Waals surface area contributed by atoms with Crippen molar-refractivity contribution in [3.8, 4) is 0 Å². The summed E-state index contributed by atoms with van der Waals surface area (Å²) in [5, 5.41) is 15.3. The number of nitrogens with one attached hydrogen (secondary N) is 1. The lowest BCUT2D eigenvalue weighted by atomic mass is 10.1. The number of aryl methyl sites for hydroxylation is 2. The van der Waals surface area contributed by atoms with E-state index >= 15 is 0 Å². The number of amides is 1. The van der Waals surface area contributed by atoms with E-state index in [2.05, 4.69) is 21.2 Å². The maximum Gasteiger partial charge on any atom is 0.272 e. The van der Waals surface area contributed by atoms with Crippen molar-refractivity contribution in [2.75, 3.05) is 5.32 Å². The Morgan fingerprint density at radius 1 is 1.31 bits per heavy atom. The number of hydrogen-bond acceptors (Lipinski definition) is 3. The Morgan fingerprint density at radius 3 is 2.69 bits per heavy atom. The minimum Gasteiger partial charge on any atom is -0.337 e. The Kier molecular flexibility index (Phi) is 5.02. The van der Waals surface area contributed by atoms with Crippen LogP contribution in [0.1, 0.15) is 23.0 Å². The average molecular weight is 437 g/mol. The summed E-state index contributed by atoms with van der Waals surface area (Å²) in [6.07, 6.45) is 0. The lowest BCUT2D eigenvalue weighted by molar-refractivity contribution is -0.384. The first-order valence-electron chi connectivity index (χ1n) is 7.87. The number of non-ortho nitro benzene ring substituents is 1. The van der Waals surface area contributed by atoms with Crippen LogP contribution in [0.2, 0.25) is 5.02 Å². The minimum atomic E-state index is -0.502. The van der Waals surface area contributed by atoms with Gasteiger partial charge < -0.3 is 9.88 Å². The Labute approximate surface area is 163 Å². The fourth-order valence-corrected chi connectivity index (χ4v) is 3.54. The van der Waals surface area contributed by atoms with E-state index in [0.29, 0.717) is 27.4 Å². The molecule has 6 nitrogen and oxygen atoms in total. The number of carbonyl (C=O) groups excluding carboxylic acids is 1. The highest BCUT2D eigenvalue weighted by Gasteiger charge is 2.21. The number of nitro benzene ring substituents is 1. The summed E-state index contributed by atoms with van der Waals surface area (Å²) in [6, 6.07) is 9.74. The van der Waals surface area contributed by atoms with Crippen LogP contribution in [0.5, 0.6) is 0 Å². The minimum absolute atomic E-state index is 0.0944. The summed E-state index contributed by atoms with van der Waals surface area (Å²) >= 11 is 9.41. The highest BCUT2D eigenvalue weighted by Crippen LogP contribution is 2.31. The third kappa shape index (κ3) is 3.20. The van der Waals surface area contributed by atoms with Crippen molar-refractivity contribution in [2.24, 2.45) is 0 Å². The van der Waals surface area contributed by atoms with Crippen molar-refractivity contribution in [3.63, 3.8) is 0 Å². The molecule has 0 saturated heterocycles. The predicted molar refractivity (Wildman–Crippen MR) is 106 cm³/mol. The predicted octanol–water partition coefficient (Wildman–Crippen LogP) is 5.55. The molecule has 0 spiro atoms. The topological polar surface area (TPSA) is 77.2 Å². The molecule has 2 aromatic carbocycles. The molecular formula is C18H15BrClN3O3. The molecule has 0 aliphatic carbocycles. The standard InChI is InChI=1S/C18H15BrClN3O3/c1-3-22-16-7-4-11(20)8-13(16)10(2)17(22)18(24)21-15-9-12(23(25)26)5-6-14(15)19/h4-9H,3H2,1-2H3,(H,21,24). The fourth-order valence-electron chi connectivity index (χ4n) is 3.02. The molecule has 134 valence electrons. The third-order valence-electron chi connectivity index (χ3n) is 4.22. The number of nitrogens with zero attached hydrogens (tertiary/aromatic N) is 2. The van der Waals surface area contributed by atoms with Gasteiger partial charge >= 0.3 is 0 Å².